The van der Waals surface area contributed by atoms with Gasteiger partial charge in [-0.1, -0.05) is 57.1 Å². The molecule has 0 spiro atoms. The predicted molar refractivity (Wildman–Crippen MR) is 106 cm³/mol. The molecule has 0 saturated carbocycles. The molecule has 0 atom stereocenters. The van der Waals surface area contributed by atoms with Gasteiger partial charge in [0.15, 0.2) is 6.61 Å². The second kappa shape index (κ2) is 8.81. The molecule has 0 radical (unpaired) electrons. The van der Waals surface area contributed by atoms with Crippen LogP contribution >= 0.6 is 11.3 Å². The van der Waals surface area contributed by atoms with Crippen LogP contribution in [-0.4, -0.2) is 18.2 Å². The monoisotopic (exact) mass is 358 g/mol. The number of anilines is 1. The lowest BCUT2D eigenvalue weighted by Crippen LogP contribution is -2.20. The van der Waals surface area contributed by atoms with E-state index < -0.39 is 0 Å². The molecule has 0 aliphatic carbocycles. The number of rotatable bonds is 7. The fraction of sp³-hybridized carbons (Fsp3) is 0.400. The largest absolute Gasteiger partial charge is 0.385 e. The van der Waals surface area contributed by atoms with E-state index in [0.717, 1.165) is 27.4 Å². The molecule has 1 amide bonds. The van der Waals surface area contributed by atoms with Gasteiger partial charge in [-0.2, -0.15) is 0 Å². The zero-order valence-corrected chi connectivity index (χ0v) is 16.3. The summed E-state index contributed by atoms with van der Waals surface area (Å²) in [7, 11) is 0. The van der Waals surface area contributed by atoms with Crippen LogP contribution < -0.4 is 5.32 Å². The molecular weight excluding hydrogens is 332 g/mol. The predicted octanol–water partition coefficient (Wildman–Crippen LogP) is 5.37. The van der Waals surface area contributed by atoms with Gasteiger partial charge in [-0.05, 0) is 41.3 Å². The number of nitrogens with one attached hydrogen (secondary N) is 1. The molecule has 0 aliphatic rings. The van der Waals surface area contributed by atoms with Crippen molar-refractivity contribution in [3.63, 3.8) is 0 Å². The molecule has 2 aromatic rings. The summed E-state index contributed by atoms with van der Waals surface area (Å²) in [5, 5.41) is 9.03. The number of thiophene rings is 1. The maximum atomic E-state index is 12.3. The van der Waals surface area contributed by atoms with Crippen LogP contribution in [0.5, 0.6) is 0 Å². The van der Waals surface area contributed by atoms with Crippen molar-refractivity contribution in [1.82, 2.24) is 0 Å². The highest BCUT2D eigenvalue weighted by molar-refractivity contribution is 7.12. The number of hydrogen-bond acceptors (Lipinski definition) is 4. The number of carbonyl (C=O) groups excluding carboxylic acids is 1. The summed E-state index contributed by atoms with van der Waals surface area (Å²) in [6.45, 7) is 10.3. The molecule has 25 heavy (non-hydrogen) atoms. The van der Waals surface area contributed by atoms with E-state index in [2.05, 4.69) is 50.3 Å². The molecule has 1 N–H and O–H groups in total. The molecule has 5 heteroatoms. The van der Waals surface area contributed by atoms with E-state index in [-0.39, 0.29) is 12.5 Å². The first-order chi connectivity index (χ1) is 11.9. The maximum Gasteiger partial charge on any atom is 0.265 e. The van der Waals surface area contributed by atoms with E-state index >= 15 is 0 Å². The van der Waals surface area contributed by atoms with Gasteiger partial charge in [-0.15, -0.1) is 11.3 Å². The highest BCUT2D eigenvalue weighted by Gasteiger charge is 2.16. The van der Waals surface area contributed by atoms with Crippen molar-refractivity contribution in [2.75, 3.05) is 11.9 Å². The van der Waals surface area contributed by atoms with E-state index in [9.17, 15) is 4.79 Å². The summed E-state index contributed by atoms with van der Waals surface area (Å²) >= 11 is 1.59. The molecule has 1 aromatic carbocycles. The molecule has 2 rings (SSSR count). The van der Waals surface area contributed by atoms with Crippen LogP contribution in [0.1, 0.15) is 62.5 Å². The Morgan fingerprint density at radius 3 is 2.28 bits per heavy atom. The van der Waals surface area contributed by atoms with Gasteiger partial charge in [0.2, 0.25) is 0 Å². The van der Waals surface area contributed by atoms with Crippen LogP contribution in [0.2, 0.25) is 0 Å². The third-order valence-electron chi connectivity index (χ3n) is 3.91. The van der Waals surface area contributed by atoms with Gasteiger partial charge in [-0.25, -0.2) is 0 Å². The minimum atomic E-state index is -0.197. The molecule has 0 aliphatic heterocycles. The first-order valence-electron chi connectivity index (χ1n) is 8.53. The molecule has 0 unspecified atom stereocenters. The third kappa shape index (κ3) is 5.16. The quantitative estimate of drug-likeness (QED) is 0.534. The van der Waals surface area contributed by atoms with Gasteiger partial charge in [0.05, 0.1) is 10.6 Å². The van der Waals surface area contributed by atoms with Gasteiger partial charge in [0.25, 0.3) is 5.91 Å². The normalized spacial score (nSPS) is 11.9. The van der Waals surface area contributed by atoms with Crippen molar-refractivity contribution >= 4 is 28.6 Å². The highest BCUT2D eigenvalue weighted by atomic mass is 32.1. The van der Waals surface area contributed by atoms with E-state index in [1.165, 1.54) is 0 Å². The zero-order valence-electron chi connectivity index (χ0n) is 15.5. The van der Waals surface area contributed by atoms with Gasteiger partial charge < -0.3 is 10.2 Å². The molecule has 134 valence electrons. The van der Waals surface area contributed by atoms with Crippen LogP contribution in [0.15, 0.2) is 40.9 Å². The van der Waals surface area contributed by atoms with Gasteiger partial charge in [0, 0.05) is 5.69 Å². The van der Waals surface area contributed by atoms with Crippen LogP contribution in [0.3, 0.4) is 0 Å². The average Bonchev–Trinajstić information content (AvgIpc) is 3.09. The molecule has 0 bridgehead atoms. The SMILES string of the molecule is C/C(=N/OCC(=O)Nc1c(C(C)C)cccc1C(C)C)c1cccs1. The smallest absolute Gasteiger partial charge is 0.265 e. The van der Waals surface area contributed by atoms with E-state index in [0.29, 0.717) is 11.8 Å². The topological polar surface area (TPSA) is 50.7 Å². The van der Waals surface area contributed by atoms with E-state index in [4.69, 9.17) is 4.84 Å². The van der Waals surface area contributed by atoms with E-state index in [1.54, 1.807) is 11.3 Å². The second-order valence-corrected chi connectivity index (χ2v) is 7.54. The van der Waals surface area contributed by atoms with Crippen molar-refractivity contribution in [3.8, 4) is 0 Å². The van der Waals surface area contributed by atoms with Crippen molar-refractivity contribution in [2.24, 2.45) is 5.16 Å². The lowest BCUT2D eigenvalue weighted by molar-refractivity contribution is -0.120. The summed E-state index contributed by atoms with van der Waals surface area (Å²) in [6.07, 6.45) is 0. The van der Waals surface area contributed by atoms with Crippen molar-refractivity contribution in [2.45, 2.75) is 46.5 Å². The van der Waals surface area contributed by atoms with Crippen molar-refractivity contribution in [1.29, 1.82) is 0 Å². The Morgan fingerprint density at radius 1 is 1.12 bits per heavy atom. The summed E-state index contributed by atoms with van der Waals surface area (Å²) in [5.74, 6) is 0.459. The summed E-state index contributed by atoms with van der Waals surface area (Å²) < 4.78 is 0. The number of oxime groups is 1. The fourth-order valence-electron chi connectivity index (χ4n) is 2.59. The summed E-state index contributed by atoms with van der Waals surface area (Å²) in [5.41, 5.74) is 3.95. The Labute approximate surface area is 153 Å². The number of carbonyl (C=O) groups is 1. The molecule has 4 nitrogen and oxygen atoms in total. The van der Waals surface area contributed by atoms with Gasteiger partial charge in [-0.3, -0.25) is 4.79 Å². The Kier molecular flexibility index (Phi) is 6.76. The summed E-state index contributed by atoms with van der Waals surface area (Å²) in [4.78, 5) is 18.6. The lowest BCUT2D eigenvalue weighted by atomic mass is 9.92. The maximum absolute atomic E-state index is 12.3. The summed E-state index contributed by atoms with van der Waals surface area (Å²) in [6, 6.07) is 10.1. The van der Waals surface area contributed by atoms with Crippen LogP contribution in [0.4, 0.5) is 5.69 Å². The number of benzene rings is 1. The van der Waals surface area contributed by atoms with Crippen LogP contribution in [-0.2, 0) is 9.63 Å². The fourth-order valence-corrected chi connectivity index (χ4v) is 3.26. The number of para-hydroxylation sites is 1. The second-order valence-electron chi connectivity index (χ2n) is 6.60. The molecule has 0 fully saturated rings. The minimum Gasteiger partial charge on any atom is -0.385 e. The number of nitrogens with zero attached hydrogens (tertiary/aromatic N) is 1. The number of hydrogen-bond donors (Lipinski definition) is 1. The molecule has 1 aromatic heterocycles. The molecule has 1 heterocycles. The van der Waals surface area contributed by atoms with Crippen molar-refractivity contribution in [3.05, 3.63) is 51.7 Å². The van der Waals surface area contributed by atoms with Crippen LogP contribution in [0, 0.1) is 0 Å². The van der Waals surface area contributed by atoms with Gasteiger partial charge >= 0.3 is 0 Å². The highest BCUT2D eigenvalue weighted by Crippen LogP contribution is 2.32. The van der Waals surface area contributed by atoms with Crippen molar-refractivity contribution < 1.29 is 9.63 Å². The van der Waals surface area contributed by atoms with Crippen LogP contribution in [0.25, 0.3) is 0 Å². The standard InChI is InChI=1S/C20H26N2O2S/c1-13(2)16-8-6-9-17(14(3)4)20(16)21-19(23)12-24-22-15(5)18-10-7-11-25-18/h6-11,13-14H,12H2,1-5H3,(H,21,23)/b22-15-. The zero-order chi connectivity index (χ0) is 18.4. The average molecular weight is 359 g/mol. The Balaban J connectivity index is 2.06. The third-order valence-corrected chi connectivity index (χ3v) is 4.89. The minimum absolute atomic E-state index is 0.104. The lowest BCUT2D eigenvalue weighted by Gasteiger charge is -2.20. The van der Waals surface area contributed by atoms with Gasteiger partial charge in [0.1, 0.15) is 0 Å². The first kappa shape index (κ1) is 19.2. The Hall–Kier alpha value is -2.14. The molecular formula is C20H26N2O2S. The number of amides is 1. The first-order valence-corrected chi connectivity index (χ1v) is 9.41. The molecule has 0 saturated heterocycles. The van der Waals surface area contributed by atoms with E-state index in [1.807, 2.05) is 30.5 Å². The Bertz CT molecular complexity index is 708. The Morgan fingerprint density at radius 2 is 1.76 bits per heavy atom.